The minimum atomic E-state index is -0.756. The third kappa shape index (κ3) is 3.57. The van der Waals surface area contributed by atoms with Gasteiger partial charge in [0.25, 0.3) is 0 Å². The molecule has 0 aromatic carbocycles. The van der Waals surface area contributed by atoms with Crippen molar-refractivity contribution in [3.63, 3.8) is 0 Å². The van der Waals surface area contributed by atoms with Crippen LogP contribution in [0.25, 0.3) is 0 Å². The van der Waals surface area contributed by atoms with Crippen LogP contribution in [0, 0.1) is 50.2 Å². The number of aliphatic hydroxyl groups excluding tert-OH is 1. The van der Waals surface area contributed by atoms with E-state index in [1.54, 1.807) is 6.92 Å². The van der Waals surface area contributed by atoms with E-state index < -0.39 is 22.9 Å². The third-order valence-electron chi connectivity index (χ3n) is 13.3. The number of thioether (sulfide) groups is 1. The van der Waals surface area contributed by atoms with Crippen molar-refractivity contribution >= 4 is 28.6 Å². The standard InChI is InChI=1S/C32H48O5S/c1-18(33)38-22-17-30(6)23(27(2,3)25(22)35)9-10-32(8)24(30)21(34)15-19-20-16-29(5,26(36)37)12-11-28(20,4)13-14-31(19,32)7/h15,20,22-25,35H,9-14,16-17H2,1-8H3,(H,36,37)/t20-,22-,23-,24+,25+,28+,29+,30-,31+,32+/m0/s1. The van der Waals surface area contributed by atoms with Crippen LogP contribution in [-0.2, 0) is 14.4 Å². The van der Waals surface area contributed by atoms with Gasteiger partial charge in [-0.3, -0.25) is 14.4 Å². The Bertz CT molecular complexity index is 1110. The van der Waals surface area contributed by atoms with E-state index in [2.05, 4.69) is 41.5 Å². The zero-order valence-corrected chi connectivity index (χ0v) is 25.5. The van der Waals surface area contributed by atoms with Crippen LogP contribution in [0.15, 0.2) is 11.6 Å². The number of allylic oxidation sites excluding steroid dienone is 2. The maximum atomic E-state index is 14.5. The van der Waals surface area contributed by atoms with Gasteiger partial charge >= 0.3 is 5.97 Å². The Labute approximate surface area is 233 Å². The number of ketones is 1. The molecule has 0 heterocycles. The maximum Gasteiger partial charge on any atom is 0.309 e. The minimum Gasteiger partial charge on any atom is -0.481 e. The number of fused-ring (bicyclic) bond motifs is 7. The molecule has 212 valence electrons. The smallest absolute Gasteiger partial charge is 0.309 e. The van der Waals surface area contributed by atoms with Gasteiger partial charge in [-0.15, -0.1) is 0 Å². The molecule has 38 heavy (non-hydrogen) atoms. The molecule has 0 saturated heterocycles. The van der Waals surface area contributed by atoms with Crippen molar-refractivity contribution in [1.29, 1.82) is 0 Å². The van der Waals surface area contributed by atoms with E-state index in [9.17, 15) is 24.6 Å². The summed E-state index contributed by atoms with van der Waals surface area (Å²) >= 11 is 1.25. The first-order valence-electron chi connectivity index (χ1n) is 14.7. The van der Waals surface area contributed by atoms with Gasteiger partial charge in [-0.2, -0.15) is 0 Å². The largest absolute Gasteiger partial charge is 0.481 e. The molecule has 0 aromatic rings. The molecule has 0 bridgehead atoms. The van der Waals surface area contributed by atoms with Gasteiger partial charge in [0.05, 0.1) is 11.5 Å². The lowest BCUT2D eigenvalue weighted by Gasteiger charge is -2.71. The molecule has 0 amide bonds. The molecule has 0 aliphatic heterocycles. The van der Waals surface area contributed by atoms with Crippen LogP contribution < -0.4 is 0 Å². The average Bonchev–Trinajstić information content (AvgIpc) is 2.79. The fourth-order valence-electron chi connectivity index (χ4n) is 10.8. The fraction of sp³-hybridized carbons (Fsp3) is 0.844. The minimum absolute atomic E-state index is 0.0138. The van der Waals surface area contributed by atoms with Gasteiger partial charge in [-0.1, -0.05) is 58.9 Å². The summed E-state index contributed by atoms with van der Waals surface area (Å²) in [5, 5.41) is 21.3. The highest BCUT2D eigenvalue weighted by atomic mass is 32.2. The van der Waals surface area contributed by atoms with Gasteiger partial charge in [-0.25, -0.2) is 0 Å². The molecule has 0 spiro atoms. The molecule has 10 atom stereocenters. The Morgan fingerprint density at radius 3 is 2.18 bits per heavy atom. The second-order valence-electron chi connectivity index (χ2n) is 15.7. The molecule has 5 aliphatic carbocycles. The quantitative estimate of drug-likeness (QED) is 0.403. The molecule has 4 fully saturated rings. The molecule has 2 N–H and O–H groups in total. The highest BCUT2D eigenvalue weighted by Gasteiger charge is 2.71. The normalized spacial score (nSPS) is 51.6. The average molecular weight is 545 g/mol. The highest BCUT2D eigenvalue weighted by molar-refractivity contribution is 8.14. The van der Waals surface area contributed by atoms with Crippen molar-refractivity contribution in [3.8, 4) is 0 Å². The van der Waals surface area contributed by atoms with Crippen LogP contribution in [0.5, 0.6) is 0 Å². The Hall–Kier alpha value is -1.14. The summed E-state index contributed by atoms with van der Waals surface area (Å²) in [6.07, 6.45) is 8.19. The van der Waals surface area contributed by atoms with E-state index in [4.69, 9.17) is 0 Å². The zero-order chi connectivity index (χ0) is 28.3. The number of hydrogen-bond donors (Lipinski definition) is 2. The molecule has 5 nitrogen and oxygen atoms in total. The number of aliphatic hydroxyl groups is 1. The lowest BCUT2D eigenvalue weighted by atomic mass is 9.33. The third-order valence-corrected chi connectivity index (χ3v) is 14.4. The van der Waals surface area contributed by atoms with Crippen LogP contribution in [0.4, 0.5) is 0 Å². The van der Waals surface area contributed by atoms with Crippen molar-refractivity contribution in [2.75, 3.05) is 0 Å². The first kappa shape index (κ1) is 28.4. The number of rotatable bonds is 2. The summed E-state index contributed by atoms with van der Waals surface area (Å²) in [7, 11) is 0. The van der Waals surface area contributed by atoms with Crippen LogP contribution in [0.1, 0.15) is 107 Å². The van der Waals surface area contributed by atoms with Crippen molar-refractivity contribution in [2.24, 2.45) is 50.2 Å². The van der Waals surface area contributed by atoms with E-state index in [0.717, 1.165) is 32.1 Å². The molecule has 0 unspecified atom stereocenters. The summed E-state index contributed by atoms with van der Waals surface area (Å²) in [6.45, 7) is 17.0. The first-order chi connectivity index (χ1) is 17.4. The lowest BCUT2D eigenvalue weighted by Crippen LogP contribution is -2.68. The predicted molar refractivity (Wildman–Crippen MR) is 151 cm³/mol. The second kappa shape index (κ2) is 8.44. The van der Waals surface area contributed by atoms with E-state index in [-0.39, 0.29) is 55.6 Å². The van der Waals surface area contributed by atoms with Crippen molar-refractivity contribution in [3.05, 3.63) is 11.6 Å². The number of hydrogen-bond acceptors (Lipinski definition) is 5. The predicted octanol–water partition coefficient (Wildman–Crippen LogP) is 6.67. The molecular formula is C32H48O5S. The van der Waals surface area contributed by atoms with Gasteiger partial charge in [0.15, 0.2) is 10.9 Å². The summed E-state index contributed by atoms with van der Waals surface area (Å²) in [5.41, 5.74) is -0.655. The number of carbonyl (C=O) groups is 3. The van der Waals surface area contributed by atoms with Crippen LogP contribution in [0.2, 0.25) is 0 Å². The van der Waals surface area contributed by atoms with Crippen LogP contribution >= 0.6 is 11.8 Å². The van der Waals surface area contributed by atoms with E-state index in [1.165, 1.54) is 17.3 Å². The summed E-state index contributed by atoms with van der Waals surface area (Å²) in [6, 6.07) is 0. The molecule has 4 saturated carbocycles. The topological polar surface area (TPSA) is 91.7 Å². The highest BCUT2D eigenvalue weighted by Crippen LogP contribution is 2.75. The zero-order valence-electron chi connectivity index (χ0n) is 24.6. The maximum absolute atomic E-state index is 14.5. The van der Waals surface area contributed by atoms with E-state index >= 15 is 0 Å². The molecule has 0 aromatic heterocycles. The van der Waals surface area contributed by atoms with Gasteiger partial charge in [0.1, 0.15) is 0 Å². The number of carboxylic acids is 1. The van der Waals surface area contributed by atoms with E-state index in [0.29, 0.717) is 19.3 Å². The molecule has 5 aliphatic rings. The number of carboxylic acid groups (broad SMARTS) is 1. The molecule has 6 heteroatoms. The Kier molecular flexibility index (Phi) is 6.31. The van der Waals surface area contributed by atoms with Gasteiger partial charge in [0, 0.05) is 18.1 Å². The fourth-order valence-corrected chi connectivity index (χ4v) is 12.2. The van der Waals surface area contributed by atoms with Crippen molar-refractivity contribution in [1.82, 2.24) is 0 Å². The van der Waals surface area contributed by atoms with Crippen LogP contribution in [-0.4, -0.2) is 38.4 Å². The molecule has 5 rings (SSSR count). The molecular weight excluding hydrogens is 496 g/mol. The van der Waals surface area contributed by atoms with Gasteiger partial charge in [-0.05, 0) is 103 Å². The van der Waals surface area contributed by atoms with Gasteiger partial charge < -0.3 is 10.2 Å². The van der Waals surface area contributed by atoms with Crippen molar-refractivity contribution in [2.45, 2.75) is 118 Å². The first-order valence-corrected chi connectivity index (χ1v) is 15.6. The lowest BCUT2D eigenvalue weighted by molar-refractivity contribution is -0.200. The summed E-state index contributed by atoms with van der Waals surface area (Å²) in [5.74, 6) is -0.410. The monoisotopic (exact) mass is 544 g/mol. The van der Waals surface area contributed by atoms with Crippen LogP contribution in [0.3, 0.4) is 0 Å². The number of aliphatic carboxylic acids is 1. The SMILES string of the molecule is CC(=O)S[C@H]1C[C@]2(C)[C@H]3C(=O)C=C4[C@@H]5C[C@](C)(C(=O)O)CC[C@]5(C)CC[C@@]4(C)[C@]3(C)CC[C@H]2C(C)(C)[C@@H]1O. The second-order valence-corrected chi connectivity index (χ2v) is 17.1. The Balaban J connectivity index is 1.62. The molecule has 0 radical (unpaired) electrons. The van der Waals surface area contributed by atoms with E-state index in [1.807, 2.05) is 13.0 Å². The van der Waals surface area contributed by atoms with Gasteiger partial charge in [0.2, 0.25) is 0 Å². The summed E-state index contributed by atoms with van der Waals surface area (Å²) in [4.78, 5) is 38.9. The van der Waals surface area contributed by atoms with Crippen molar-refractivity contribution < 1.29 is 24.6 Å². The Morgan fingerprint density at radius 2 is 1.58 bits per heavy atom. The summed E-state index contributed by atoms with van der Waals surface area (Å²) < 4.78 is 0. The Morgan fingerprint density at radius 1 is 0.947 bits per heavy atom. The number of carbonyl (C=O) groups excluding carboxylic acids is 2.